The lowest BCUT2D eigenvalue weighted by atomic mass is 10.0. The lowest BCUT2D eigenvalue weighted by Crippen LogP contribution is -2.28. The van der Waals surface area contributed by atoms with E-state index in [1.54, 1.807) is 12.1 Å². The summed E-state index contributed by atoms with van der Waals surface area (Å²) in [6.07, 6.45) is 0. The van der Waals surface area contributed by atoms with E-state index in [1.165, 1.54) is 7.11 Å². The second-order valence-corrected chi connectivity index (χ2v) is 6.30. The molecule has 1 N–H and O–H groups in total. The first-order valence-corrected chi connectivity index (χ1v) is 8.24. The van der Waals surface area contributed by atoms with Gasteiger partial charge in [-0.25, -0.2) is 13.7 Å². The van der Waals surface area contributed by atoms with Gasteiger partial charge in [-0.3, -0.25) is 0 Å². The first-order valence-electron chi connectivity index (χ1n) is 7.09. The fourth-order valence-corrected chi connectivity index (χ4v) is 3.08. The van der Waals surface area contributed by atoms with Crippen molar-refractivity contribution in [2.24, 2.45) is 0 Å². The zero-order valence-corrected chi connectivity index (χ0v) is 13.9. The Bertz CT molecular complexity index is 711. The second-order valence-electron chi connectivity index (χ2n) is 5.06. The van der Waals surface area contributed by atoms with Gasteiger partial charge in [0.2, 0.25) is 0 Å². The molecule has 1 unspecified atom stereocenters. The first kappa shape index (κ1) is 17.1. The molecule has 0 aliphatic rings. The number of benzene rings is 2. The zero-order chi connectivity index (χ0) is 16.8. The molecule has 0 saturated carbocycles. The van der Waals surface area contributed by atoms with Crippen molar-refractivity contribution in [2.75, 3.05) is 7.11 Å². The molecule has 0 bridgehead atoms. The van der Waals surface area contributed by atoms with Crippen LogP contribution in [0.1, 0.15) is 17.2 Å². The van der Waals surface area contributed by atoms with Gasteiger partial charge in [0.25, 0.3) is 0 Å². The standard InChI is InChI=1S/C18H19NO3S/c1-13-9-11-16(12-10-13)23(21)19-17(14(2)18(20)22-3)15-7-5-4-6-8-15/h4-12,17,19H,2H2,1,3H3/t17-,23?/m1/s1. The van der Waals surface area contributed by atoms with Crippen molar-refractivity contribution in [2.45, 2.75) is 17.9 Å². The molecule has 120 valence electrons. The van der Waals surface area contributed by atoms with Crippen LogP contribution in [0.15, 0.2) is 71.6 Å². The van der Waals surface area contributed by atoms with Gasteiger partial charge in [-0.1, -0.05) is 54.6 Å². The number of ether oxygens (including phenoxy) is 1. The Hall–Kier alpha value is -2.24. The molecule has 2 atom stereocenters. The monoisotopic (exact) mass is 329 g/mol. The van der Waals surface area contributed by atoms with Crippen LogP contribution in [0.4, 0.5) is 0 Å². The Balaban J connectivity index is 2.27. The summed E-state index contributed by atoms with van der Waals surface area (Å²) >= 11 is 0. The average Bonchev–Trinajstić information content (AvgIpc) is 2.59. The van der Waals surface area contributed by atoms with Gasteiger partial charge in [-0.15, -0.1) is 0 Å². The maximum atomic E-state index is 12.6. The maximum absolute atomic E-state index is 12.6. The van der Waals surface area contributed by atoms with Crippen LogP contribution in [0.2, 0.25) is 0 Å². The number of rotatable bonds is 6. The van der Waals surface area contributed by atoms with Gasteiger partial charge in [-0.05, 0) is 24.6 Å². The quantitative estimate of drug-likeness (QED) is 0.654. The fraction of sp³-hybridized carbons (Fsp3) is 0.167. The molecule has 23 heavy (non-hydrogen) atoms. The highest BCUT2D eigenvalue weighted by molar-refractivity contribution is 7.83. The molecule has 0 fully saturated rings. The number of hydrogen-bond donors (Lipinski definition) is 1. The van der Waals surface area contributed by atoms with Crippen molar-refractivity contribution in [3.05, 3.63) is 77.9 Å². The van der Waals surface area contributed by atoms with Crippen LogP contribution in [-0.2, 0) is 20.5 Å². The van der Waals surface area contributed by atoms with Gasteiger partial charge >= 0.3 is 5.97 Å². The maximum Gasteiger partial charge on any atom is 0.335 e. The van der Waals surface area contributed by atoms with E-state index in [-0.39, 0.29) is 5.57 Å². The predicted molar refractivity (Wildman–Crippen MR) is 91.1 cm³/mol. The van der Waals surface area contributed by atoms with Crippen molar-refractivity contribution < 1.29 is 13.7 Å². The van der Waals surface area contributed by atoms with Gasteiger partial charge in [0.1, 0.15) is 11.0 Å². The minimum atomic E-state index is -1.48. The van der Waals surface area contributed by atoms with Crippen LogP contribution in [0, 0.1) is 6.92 Å². The highest BCUT2D eigenvalue weighted by Crippen LogP contribution is 2.23. The summed E-state index contributed by atoms with van der Waals surface area (Å²) < 4.78 is 20.3. The second kappa shape index (κ2) is 7.85. The number of carbonyl (C=O) groups excluding carboxylic acids is 1. The van der Waals surface area contributed by atoms with Crippen LogP contribution >= 0.6 is 0 Å². The lowest BCUT2D eigenvalue weighted by molar-refractivity contribution is -0.136. The Morgan fingerprint density at radius 1 is 1.13 bits per heavy atom. The highest BCUT2D eigenvalue weighted by Gasteiger charge is 2.23. The smallest absolute Gasteiger partial charge is 0.335 e. The number of carbonyl (C=O) groups is 1. The third-order valence-corrected chi connectivity index (χ3v) is 4.54. The number of esters is 1. The van der Waals surface area contributed by atoms with Gasteiger partial charge < -0.3 is 4.74 Å². The Labute approximate surface area is 138 Å². The van der Waals surface area contributed by atoms with Gasteiger partial charge in [0.15, 0.2) is 0 Å². The van der Waals surface area contributed by atoms with E-state index in [0.717, 1.165) is 11.1 Å². The van der Waals surface area contributed by atoms with E-state index >= 15 is 0 Å². The SMILES string of the molecule is C=C(C(=O)OC)[C@@H](NS(=O)c1ccc(C)cc1)c1ccccc1. The molecule has 2 aromatic rings. The molecular formula is C18H19NO3S. The van der Waals surface area contributed by atoms with E-state index in [2.05, 4.69) is 11.3 Å². The van der Waals surface area contributed by atoms with E-state index in [1.807, 2.05) is 49.4 Å². The Morgan fingerprint density at radius 3 is 2.30 bits per heavy atom. The summed E-state index contributed by atoms with van der Waals surface area (Å²) in [5.41, 5.74) is 2.09. The van der Waals surface area contributed by atoms with Crippen molar-refractivity contribution >= 4 is 17.0 Å². The largest absolute Gasteiger partial charge is 0.466 e. The minimum absolute atomic E-state index is 0.208. The molecule has 0 spiro atoms. The fourth-order valence-electron chi connectivity index (χ4n) is 2.07. The van der Waals surface area contributed by atoms with Crippen molar-refractivity contribution in [3.63, 3.8) is 0 Å². The number of nitrogens with one attached hydrogen (secondary N) is 1. The predicted octanol–water partition coefficient (Wildman–Crippen LogP) is 3.08. The molecule has 0 radical (unpaired) electrons. The van der Waals surface area contributed by atoms with Crippen molar-refractivity contribution in [1.82, 2.24) is 4.72 Å². The zero-order valence-electron chi connectivity index (χ0n) is 13.1. The molecule has 0 aromatic heterocycles. The molecule has 0 aliphatic carbocycles. The van der Waals surface area contributed by atoms with E-state index in [0.29, 0.717) is 4.90 Å². The van der Waals surface area contributed by atoms with Crippen LogP contribution in [0.3, 0.4) is 0 Å². The summed E-state index contributed by atoms with van der Waals surface area (Å²) in [5.74, 6) is -0.535. The van der Waals surface area contributed by atoms with Crippen LogP contribution in [-0.4, -0.2) is 17.3 Å². The Kier molecular flexibility index (Phi) is 5.84. The van der Waals surface area contributed by atoms with Gasteiger partial charge in [0.05, 0.1) is 23.6 Å². The average molecular weight is 329 g/mol. The van der Waals surface area contributed by atoms with Gasteiger partial charge in [0, 0.05) is 0 Å². The summed E-state index contributed by atoms with van der Waals surface area (Å²) in [6, 6.07) is 16.0. The van der Waals surface area contributed by atoms with Gasteiger partial charge in [-0.2, -0.15) is 0 Å². The van der Waals surface area contributed by atoms with Crippen molar-refractivity contribution in [1.29, 1.82) is 0 Å². The normalized spacial score (nSPS) is 13.1. The Morgan fingerprint density at radius 2 is 1.74 bits per heavy atom. The van der Waals surface area contributed by atoms with E-state index < -0.39 is 23.0 Å². The van der Waals surface area contributed by atoms with E-state index in [4.69, 9.17) is 4.74 Å². The third kappa shape index (κ3) is 4.37. The molecule has 4 nitrogen and oxygen atoms in total. The number of aryl methyl sites for hydroxylation is 1. The lowest BCUT2D eigenvalue weighted by Gasteiger charge is -2.19. The number of methoxy groups -OCH3 is 1. The van der Waals surface area contributed by atoms with E-state index in [9.17, 15) is 9.00 Å². The molecule has 0 heterocycles. The molecular weight excluding hydrogens is 310 g/mol. The third-order valence-electron chi connectivity index (χ3n) is 3.39. The molecule has 0 saturated heterocycles. The molecule has 2 aromatic carbocycles. The first-order chi connectivity index (χ1) is 11.0. The topological polar surface area (TPSA) is 55.4 Å². The van der Waals surface area contributed by atoms with Crippen molar-refractivity contribution in [3.8, 4) is 0 Å². The summed E-state index contributed by atoms with van der Waals surface area (Å²) in [5, 5.41) is 0. The molecule has 5 heteroatoms. The van der Waals surface area contributed by atoms with Crippen LogP contribution in [0.5, 0.6) is 0 Å². The van der Waals surface area contributed by atoms with Crippen LogP contribution < -0.4 is 4.72 Å². The van der Waals surface area contributed by atoms with Crippen LogP contribution in [0.25, 0.3) is 0 Å². The summed E-state index contributed by atoms with van der Waals surface area (Å²) in [4.78, 5) is 12.5. The summed E-state index contributed by atoms with van der Waals surface area (Å²) in [6.45, 7) is 5.76. The summed E-state index contributed by atoms with van der Waals surface area (Å²) in [7, 11) is -0.182. The molecule has 0 aliphatic heterocycles. The molecule has 2 rings (SSSR count). The molecule has 0 amide bonds. The number of hydrogen-bond acceptors (Lipinski definition) is 3. The highest BCUT2D eigenvalue weighted by atomic mass is 32.2. The minimum Gasteiger partial charge on any atom is -0.466 e.